The van der Waals surface area contributed by atoms with E-state index in [9.17, 15) is 9.59 Å². The number of para-hydroxylation sites is 1. The Morgan fingerprint density at radius 3 is 2.61 bits per heavy atom. The number of nitrogens with one attached hydrogen (secondary N) is 1. The maximum atomic E-state index is 12.6. The fourth-order valence-electron chi connectivity index (χ4n) is 3.55. The molecule has 0 radical (unpaired) electrons. The van der Waals surface area contributed by atoms with Crippen molar-refractivity contribution >= 4 is 11.8 Å². The molecule has 1 saturated heterocycles. The molecule has 0 aromatic heterocycles. The maximum absolute atomic E-state index is 12.6. The van der Waals surface area contributed by atoms with Gasteiger partial charge >= 0.3 is 0 Å². The number of likely N-dealkylation sites (tertiary alicyclic amines) is 1. The van der Waals surface area contributed by atoms with Crippen molar-refractivity contribution < 1.29 is 14.3 Å². The minimum absolute atomic E-state index is 0.136. The number of benzene rings is 2. The predicted molar refractivity (Wildman–Crippen MR) is 108 cm³/mol. The van der Waals surface area contributed by atoms with Gasteiger partial charge in [-0.3, -0.25) is 9.59 Å². The minimum atomic E-state index is -0.413. The molecule has 3 rings (SSSR count). The molecule has 2 aromatic rings. The number of hydrogen-bond donors (Lipinski definition) is 2. The highest BCUT2D eigenvalue weighted by atomic mass is 16.5. The largest absolute Gasteiger partial charge is 0.496 e. The Kier molecular flexibility index (Phi) is 6.66. The van der Waals surface area contributed by atoms with Crippen molar-refractivity contribution in [3.63, 3.8) is 0 Å². The first-order chi connectivity index (χ1) is 13.6. The second kappa shape index (κ2) is 9.37. The van der Waals surface area contributed by atoms with Crippen molar-refractivity contribution in [3.8, 4) is 5.75 Å². The third-order valence-corrected chi connectivity index (χ3v) is 5.19. The number of rotatable bonds is 7. The van der Waals surface area contributed by atoms with Crippen LogP contribution in [0.15, 0.2) is 48.5 Å². The van der Waals surface area contributed by atoms with Gasteiger partial charge in [-0.25, -0.2) is 0 Å². The first-order valence-corrected chi connectivity index (χ1v) is 9.58. The lowest BCUT2D eigenvalue weighted by Crippen LogP contribution is -2.45. The summed E-state index contributed by atoms with van der Waals surface area (Å²) in [6, 6.07) is 15.4. The zero-order valence-corrected chi connectivity index (χ0v) is 16.2. The summed E-state index contributed by atoms with van der Waals surface area (Å²) in [5, 5.41) is 3.52. The van der Waals surface area contributed by atoms with Crippen LogP contribution in [0.1, 0.15) is 34.3 Å². The number of carbonyl (C=O) groups is 2. The molecule has 1 heterocycles. The molecule has 6 nitrogen and oxygen atoms in total. The van der Waals surface area contributed by atoms with Crippen LogP contribution in [0.5, 0.6) is 5.75 Å². The van der Waals surface area contributed by atoms with Gasteiger partial charge < -0.3 is 20.7 Å². The molecule has 0 bridgehead atoms. The van der Waals surface area contributed by atoms with Crippen LogP contribution in [0.4, 0.5) is 0 Å². The van der Waals surface area contributed by atoms with Gasteiger partial charge in [0.25, 0.3) is 0 Å². The van der Waals surface area contributed by atoms with E-state index in [1.54, 1.807) is 13.2 Å². The number of ether oxygens (including phenoxy) is 1. The molecule has 6 heteroatoms. The number of methoxy groups -OCH3 is 1. The monoisotopic (exact) mass is 381 g/mol. The molecule has 2 aromatic carbocycles. The second-order valence-corrected chi connectivity index (χ2v) is 7.09. The van der Waals surface area contributed by atoms with Gasteiger partial charge in [0.05, 0.1) is 13.5 Å². The topological polar surface area (TPSA) is 84.7 Å². The lowest BCUT2D eigenvalue weighted by atomic mass is 10.0. The normalized spacial score (nSPS) is 14.7. The number of nitrogens with zero attached hydrogens (tertiary/aromatic N) is 1. The quantitative estimate of drug-likeness (QED) is 0.769. The summed E-state index contributed by atoms with van der Waals surface area (Å²) in [7, 11) is 1.62. The van der Waals surface area contributed by atoms with E-state index in [0.717, 1.165) is 42.8 Å². The Bertz CT molecular complexity index is 829. The summed E-state index contributed by atoms with van der Waals surface area (Å²) in [5.41, 5.74) is 7.81. The molecule has 1 aliphatic heterocycles. The van der Waals surface area contributed by atoms with Gasteiger partial charge in [-0.15, -0.1) is 0 Å². The summed E-state index contributed by atoms with van der Waals surface area (Å²) in [6.07, 6.45) is 2.18. The lowest BCUT2D eigenvalue weighted by Gasteiger charge is -2.32. The number of hydrogen-bond acceptors (Lipinski definition) is 4. The van der Waals surface area contributed by atoms with E-state index < -0.39 is 5.91 Å². The molecule has 148 valence electrons. The van der Waals surface area contributed by atoms with Crippen LogP contribution in [0, 0.1) is 0 Å². The maximum Gasteiger partial charge on any atom is 0.248 e. The summed E-state index contributed by atoms with van der Waals surface area (Å²) >= 11 is 0. The Morgan fingerprint density at radius 2 is 1.89 bits per heavy atom. The van der Waals surface area contributed by atoms with E-state index >= 15 is 0 Å². The average Bonchev–Trinajstić information content (AvgIpc) is 2.73. The molecule has 1 fully saturated rings. The molecule has 0 unspecified atom stereocenters. The molecule has 1 aliphatic rings. The van der Waals surface area contributed by atoms with E-state index in [1.807, 2.05) is 47.4 Å². The zero-order chi connectivity index (χ0) is 19.9. The fraction of sp³-hybridized carbons (Fsp3) is 0.364. The van der Waals surface area contributed by atoms with E-state index in [0.29, 0.717) is 24.6 Å². The van der Waals surface area contributed by atoms with Gasteiger partial charge in [-0.1, -0.05) is 30.3 Å². The number of piperidine rings is 1. The highest BCUT2D eigenvalue weighted by Gasteiger charge is 2.23. The van der Waals surface area contributed by atoms with Gasteiger partial charge in [-0.2, -0.15) is 0 Å². The Labute approximate surface area is 165 Å². The second-order valence-electron chi connectivity index (χ2n) is 7.09. The predicted octanol–water partition coefficient (Wildman–Crippen LogP) is 2.12. The van der Waals surface area contributed by atoms with E-state index in [4.69, 9.17) is 10.5 Å². The van der Waals surface area contributed by atoms with Gasteiger partial charge in [0.15, 0.2) is 0 Å². The van der Waals surface area contributed by atoms with Crippen LogP contribution in [-0.4, -0.2) is 43.0 Å². The molecule has 0 saturated carbocycles. The van der Waals surface area contributed by atoms with Crippen molar-refractivity contribution in [1.82, 2.24) is 10.2 Å². The molecule has 0 atom stereocenters. The van der Waals surface area contributed by atoms with Crippen LogP contribution in [0.2, 0.25) is 0 Å². The van der Waals surface area contributed by atoms with E-state index in [-0.39, 0.29) is 5.91 Å². The third-order valence-electron chi connectivity index (χ3n) is 5.19. The van der Waals surface area contributed by atoms with Crippen molar-refractivity contribution in [2.24, 2.45) is 5.73 Å². The number of carbonyl (C=O) groups excluding carboxylic acids is 2. The lowest BCUT2D eigenvalue weighted by molar-refractivity contribution is -0.131. The Hall–Kier alpha value is -2.86. The molecule has 2 amide bonds. The smallest absolute Gasteiger partial charge is 0.248 e. The minimum Gasteiger partial charge on any atom is -0.496 e. The molecule has 3 N–H and O–H groups in total. The Balaban J connectivity index is 1.47. The summed E-state index contributed by atoms with van der Waals surface area (Å²) in [5.74, 6) is 0.478. The highest BCUT2D eigenvalue weighted by Crippen LogP contribution is 2.20. The molecule has 0 aliphatic carbocycles. The summed E-state index contributed by atoms with van der Waals surface area (Å²) in [6.45, 7) is 2.17. The molecular formula is C22H27N3O3. The zero-order valence-electron chi connectivity index (χ0n) is 16.2. The van der Waals surface area contributed by atoms with Gasteiger partial charge in [-0.05, 0) is 36.6 Å². The summed E-state index contributed by atoms with van der Waals surface area (Å²) in [4.78, 5) is 25.8. The standard InChI is InChI=1S/C22H27N3O3/c1-28-20-8-3-2-6-17(20)14-21(26)25-11-9-19(10-12-25)24-15-16-5-4-7-18(13-16)22(23)27/h2-8,13,19,24H,9-12,14-15H2,1H3,(H2,23,27). The third kappa shape index (κ3) is 5.10. The van der Waals surface area contributed by atoms with Crippen LogP contribution < -0.4 is 15.8 Å². The first-order valence-electron chi connectivity index (χ1n) is 9.58. The number of nitrogens with two attached hydrogens (primary N) is 1. The average molecular weight is 381 g/mol. The summed E-state index contributed by atoms with van der Waals surface area (Å²) < 4.78 is 5.34. The van der Waals surface area contributed by atoms with Crippen LogP contribution in [0.25, 0.3) is 0 Å². The van der Waals surface area contributed by atoms with Crippen molar-refractivity contribution in [1.29, 1.82) is 0 Å². The van der Waals surface area contributed by atoms with Crippen molar-refractivity contribution in [3.05, 3.63) is 65.2 Å². The van der Waals surface area contributed by atoms with Crippen molar-refractivity contribution in [2.75, 3.05) is 20.2 Å². The molecular weight excluding hydrogens is 354 g/mol. The number of primary amides is 1. The van der Waals surface area contributed by atoms with Crippen LogP contribution in [0.3, 0.4) is 0 Å². The Morgan fingerprint density at radius 1 is 1.14 bits per heavy atom. The van der Waals surface area contributed by atoms with Crippen LogP contribution >= 0.6 is 0 Å². The van der Waals surface area contributed by atoms with Gasteiger partial charge in [0, 0.05) is 36.8 Å². The fourth-order valence-corrected chi connectivity index (χ4v) is 3.55. The van der Waals surface area contributed by atoms with E-state index in [2.05, 4.69) is 5.32 Å². The van der Waals surface area contributed by atoms with Gasteiger partial charge in [0.1, 0.15) is 5.75 Å². The van der Waals surface area contributed by atoms with Crippen molar-refractivity contribution in [2.45, 2.75) is 31.8 Å². The highest BCUT2D eigenvalue weighted by molar-refractivity contribution is 5.92. The number of amides is 2. The van der Waals surface area contributed by atoms with E-state index in [1.165, 1.54) is 0 Å². The molecule has 28 heavy (non-hydrogen) atoms. The van der Waals surface area contributed by atoms with Gasteiger partial charge in [0.2, 0.25) is 11.8 Å². The first kappa shape index (κ1) is 19.9. The SMILES string of the molecule is COc1ccccc1CC(=O)N1CCC(NCc2cccc(C(N)=O)c2)CC1. The molecule has 0 spiro atoms. The van der Waals surface area contributed by atoms with Crippen LogP contribution in [-0.2, 0) is 17.8 Å².